The monoisotopic (exact) mass is 276 g/mol. The molecule has 1 rings (SSSR count). The third-order valence-electron chi connectivity index (χ3n) is 3.57. The van der Waals surface area contributed by atoms with Crippen LogP contribution in [0.5, 0.6) is 0 Å². The molecule has 1 aliphatic rings. The highest BCUT2D eigenvalue weighted by Crippen LogP contribution is 2.19. The predicted molar refractivity (Wildman–Crippen MR) is 76.1 cm³/mol. The van der Waals surface area contributed by atoms with Gasteiger partial charge in [0.15, 0.2) is 0 Å². The van der Waals surface area contributed by atoms with Crippen molar-refractivity contribution in [2.24, 2.45) is 11.3 Å². The predicted octanol–water partition coefficient (Wildman–Crippen LogP) is 1.73. The van der Waals surface area contributed by atoms with Crippen LogP contribution >= 0.6 is 0 Å². The van der Waals surface area contributed by atoms with Gasteiger partial charge in [0.1, 0.15) is 0 Å². The van der Waals surface area contributed by atoms with Gasteiger partial charge in [0.05, 0.1) is 5.75 Å². The van der Waals surface area contributed by atoms with E-state index in [1.54, 1.807) is 0 Å². The molecule has 0 aromatic heterocycles. The zero-order valence-corrected chi connectivity index (χ0v) is 12.9. The number of nitrogens with one attached hydrogen (secondary N) is 2. The molecule has 1 fully saturated rings. The summed E-state index contributed by atoms with van der Waals surface area (Å²) >= 11 is 0. The third-order valence-corrected chi connectivity index (χ3v) is 4.92. The summed E-state index contributed by atoms with van der Waals surface area (Å²) in [5.74, 6) is 0.765. The Morgan fingerprint density at radius 3 is 2.56 bits per heavy atom. The molecule has 1 saturated heterocycles. The van der Waals surface area contributed by atoms with E-state index in [4.69, 9.17) is 0 Å². The van der Waals surface area contributed by atoms with Crippen LogP contribution in [0.1, 0.15) is 47.0 Å². The molecule has 18 heavy (non-hydrogen) atoms. The second-order valence-electron chi connectivity index (χ2n) is 6.66. The van der Waals surface area contributed by atoms with E-state index in [0.29, 0.717) is 18.9 Å². The van der Waals surface area contributed by atoms with Crippen LogP contribution in [-0.4, -0.2) is 33.3 Å². The molecule has 2 atom stereocenters. The van der Waals surface area contributed by atoms with Crippen LogP contribution in [0, 0.1) is 11.3 Å². The topological polar surface area (TPSA) is 58.2 Å². The summed E-state index contributed by atoms with van der Waals surface area (Å²) in [5, 5.41) is 3.39. The lowest BCUT2D eigenvalue weighted by Crippen LogP contribution is -2.48. The fraction of sp³-hybridized carbons (Fsp3) is 1.00. The Morgan fingerprint density at radius 2 is 2.00 bits per heavy atom. The highest BCUT2D eigenvalue weighted by molar-refractivity contribution is 7.89. The zero-order valence-electron chi connectivity index (χ0n) is 12.1. The molecule has 4 nitrogen and oxygen atoms in total. The van der Waals surface area contributed by atoms with Gasteiger partial charge in [0.2, 0.25) is 10.0 Å². The molecule has 0 aromatic carbocycles. The van der Waals surface area contributed by atoms with Crippen LogP contribution in [0.25, 0.3) is 0 Å². The first-order valence-corrected chi connectivity index (χ1v) is 8.55. The SMILES string of the molecule is CC1CCCNC1CNS(=O)(=O)CCC(C)(C)C. The molecule has 5 heteroatoms. The van der Waals surface area contributed by atoms with Crippen LogP contribution in [0.4, 0.5) is 0 Å². The first-order valence-electron chi connectivity index (χ1n) is 6.90. The summed E-state index contributed by atoms with van der Waals surface area (Å²) in [5.41, 5.74) is 0.0606. The van der Waals surface area contributed by atoms with Crippen molar-refractivity contribution in [2.75, 3.05) is 18.8 Å². The minimum atomic E-state index is -3.13. The standard InChI is InChI=1S/C13H28N2O2S/c1-11-6-5-8-14-12(11)10-15-18(16,17)9-7-13(2,3)4/h11-12,14-15H,5-10H2,1-4H3. The van der Waals surface area contributed by atoms with Gasteiger partial charge in [0.25, 0.3) is 0 Å². The van der Waals surface area contributed by atoms with Gasteiger partial charge in [-0.1, -0.05) is 27.7 Å². The number of piperidine rings is 1. The van der Waals surface area contributed by atoms with Gasteiger partial charge >= 0.3 is 0 Å². The van der Waals surface area contributed by atoms with E-state index in [-0.39, 0.29) is 17.2 Å². The Hall–Kier alpha value is -0.130. The van der Waals surface area contributed by atoms with Crippen LogP contribution in [0.15, 0.2) is 0 Å². The fourth-order valence-corrected chi connectivity index (χ4v) is 3.58. The number of rotatable bonds is 5. The van der Waals surface area contributed by atoms with E-state index in [1.807, 2.05) is 0 Å². The molecular weight excluding hydrogens is 248 g/mol. The lowest BCUT2D eigenvalue weighted by Gasteiger charge is -2.30. The second kappa shape index (κ2) is 6.35. The van der Waals surface area contributed by atoms with E-state index in [2.05, 4.69) is 37.7 Å². The molecule has 108 valence electrons. The van der Waals surface area contributed by atoms with Crippen molar-refractivity contribution >= 4 is 10.0 Å². The minimum Gasteiger partial charge on any atom is -0.312 e. The summed E-state index contributed by atoms with van der Waals surface area (Å²) in [6.45, 7) is 9.89. The maximum absolute atomic E-state index is 11.9. The molecule has 0 aromatic rings. The van der Waals surface area contributed by atoms with Crippen LogP contribution in [-0.2, 0) is 10.0 Å². The van der Waals surface area contributed by atoms with Crippen molar-refractivity contribution in [3.8, 4) is 0 Å². The van der Waals surface area contributed by atoms with Crippen molar-refractivity contribution in [3.05, 3.63) is 0 Å². The molecule has 1 heterocycles. The van der Waals surface area contributed by atoms with Gasteiger partial charge in [0, 0.05) is 12.6 Å². The van der Waals surface area contributed by atoms with E-state index in [0.717, 1.165) is 6.54 Å². The third kappa shape index (κ3) is 6.16. The van der Waals surface area contributed by atoms with Crippen molar-refractivity contribution < 1.29 is 8.42 Å². The van der Waals surface area contributed by atoms with Gasteiger partial charge < -0.3 is 5.32 Å². The van der Waals surface area contributed by atoms with E-state index in [9.17, 15) is 8.42 Å². The van der Waals surface area contributed by atoms with Gasteiger partial charge in [-0.3, -0.25) is 0 Å². The maximum Gasteiger partial charge on any atom is 0.211 e. The second-order valence-corrected chi connectivity index (χ2v) is 8.58. The number of sulfonamides is 1. The van der Waals surface area contributed by atoms with Crippen molar-refractivity contribution in [1.29, 1.82) is 0 Å². The van der Waals surface area contributed by atoms with Gasteiger partial charge in [-0.15, -0.1) is 0 Å². The normalized spacial score (nSPS) is 26.2. The van der Waals surface area contributed by atoms with Crippen molar-refractivity contribution in [1.82, 2.24) is 10.0 Å². The summed E-state index contributed by atoms with van der Waals surface area (Å²) < 4.78 is 26.5. The van der Waals surface area contributed by atoms with Crippen LogP contribution < -0.4 is 10.0 Å². The Balaban J connectivity index is 2.36. The Bertz CT molecular complexity index is 346. The maximum atomic E-state index is 11.9. The van der Waals surface area contributed by atoms with Crippen molar-refractivity contribution in [2.45, 2.75) is 53.0 Å². The first-order chi connectivity index (χ1) is 8.20. The quantitative estimate of drug-likeness (QED) is 0.804. The van der Waals surface area contributed by atoms with E-state index < -0.39 is 10.0 Å². The van der Waals surface area contributed by atoms with Gasteiger partial charge in [-0.05, 0) is 37.1 Å². The molecule has 0 amide bonds. The largest absolute Gasteiger partial charge is 0.312 e. The molecule has 0 saturated carbocycles. The molecule has 2 N–H and O–H groups in total. The summed E-state index contributed by atoms with van der Waals surface area (Å²) in [4.78, 5) is 0. The number of hydrogen-bond acceptors (Lipinski definition) is 3. The molecule has 0 bridgehead atoms. The molecule has 2 unspecified atom stereocenters. The molecule has 0 radical (unpaired) electrons. The number of hydrogen-bond donors (Lipinski definition) is 2. The van der Waals surface area contributed by atoms with E-state index in [1.165, 1.54) is 12.8 Å². The smallest absolute Gasteiger partial charge is 0.211 e. The Morgan fingerprint density at radius 1 is 1.33 bits per heavy atom. The van der Waals surface area contributed by atoms with Gasteiger partial charge in [-0.25, -0.2) is 13.1 Å². The lowest BCUT2D eigenvalue weighted by molar-refractivity contribution is 0.300. The molecule has 0 aliphatic carbocycles. The highest BCUT2D eigenvalue weighted by Gasteiger charge is 2.23. The lowest BCUT2D eigenvalue weighted by atomic mass is 9.93. The highest BCUT2D eigenvalue weighted by atomic mass is 32.2. The molecule has 1 aliphatic heterocycles. The molecule has 0 spiro atoms. The fourth-order valence-electron chi connectivity index (χ4n) is 2.12. The zero-order chi connectivity index (χ0) is 13.8. The van der Waals surface area contributed by atoms with Crippen molar-refractivity contribution in [3.63, 3.8) is 0 Å². The Kier molecular flexibility index (Phi) is 5.62. The average molecular weight is 276 g/mol. The van der Waals surface area contributed by atoms with Gasteiger partial charge in [-0.2, -0.15) is 0 Å². The van der Waals surface area contributed by atoms with Crippen LogP contribution in [0.2, 0.25) is 0 Å². The average Bonchev–Trinajstić information content (AvgIpc) is 2.25. The molecular formula is C13H28N2O2S. The summed E-state index contributed by atoms with van der Waals surface area (Å²) in [7, 11) is -3.13. The summed E-state index contributed by atoms with van der Waals surface area (Å²) in [6, 6.07) is 0.281. The Labute approximate surface area is 112 Å². The first kappa shape index (κ1) is 15.9. The van der Waals surface area contributed by atoms with E-state index >= 15 is 0 Å². The summed E-state index contributed by atoms with van der Waals surface area (Å²) in [6.07, 6.45) is 3.06. The minimum absolute atomic E-state index is 0.0606. The van der Waals surface area contributed by atoms with Crippen LogP contribution in [0.3, 0.4) is 0 Å².